The number of aromatic nitrogens is 3. The van der Waals surface area contributed by atoms with E-state index in [1.807, 2.05) is 0 Å². The Labute approximate surface area is 146 Å². The van der Waals surface area contributed by atoms with Crippen molar-refractivity contribution < 1.29 is 0 Å². The van der Waals surface area contributed by atoms with Gasteiger partial charge in [-0.25, -0.2) is 4.98 Å². The van der Waals surface area contributed by atoms with E-state index in [9.17, 15) is 0 Å². The molecule has 4 nitrogen and oxygen atoms in total. The second-order valence-electron chi connectivity index (χ2n) is 6.97. The summed E-state index contributed by atoms with van der Waals surface area (Å²) in [6, 6.07) is 15.6. The van der Waals surface area contributed by atoms with Gasteiger partial charge in [-0.3, -0.25) is 0 Å². The van der Waals surface area contributed by atoms with Crippen LogP contribution in [0.3, 0.4) is 0 Å². The van der Waals surface area contributed by atoms with Crippen molar-refractivity contribution in [3.8, 4) is 0 Å². The number of aryl methyl sites for hydroxylation is 1. The summed E-state index contributed by atoms with van der Waals surface area (Å²) < 4.78 is 0. The Hall–Kier alpha value is -2.59. The Bertz CT molecular complexity index is 1030. The number of rotatable bonds is 4. The number of aromatic amines is 2. The van der Waals surface area contributed by atoms with Gasteiger partial charge in [0.05, 0.1) is 17.4 Å². The molecule has 1 atom stereocenters. The molecule has 1 aliphatic carbocycles. The summed E-state index contributed by atoms with van der Waals surface area (Å²) in [6.07, 6.45) is 6.44. The average molecular weight is 330 g/mol. The maximum absolute atomic E-state index is 4.28. The Morgan fingerprint density at radius 3 is 3.08 bits per heavy atom. The summed E-state index contributed by atoms with van der Waals surface area (Å²) in [4.78, 5) is 11.1. The fourth-order valence-electron chi connectivity index (χ4n) is 4.15. The molecule has 1 unspecified atom stereocenters. The van der Waals surface area contributed by atoms with Crippen molar-refractivity contribution in [3.63, 3.8) is 0 Å². The fourth-order valence-corrected chi connectivity index (χ4v) is 4.15. The van der Waals surface area contributed by atoms with Gasteiger partial charge in [0, 0.05) is 22.6 Å². The Morgan fingerprint density at radius 2 is 2.08 bits per heavy atom. The van der Waals surface area contributed by atoms with E-state index in [0.717, 1.165) is 24.0 Å². The zero-order chi connectivity index (χ0) is 16.6. The molecule has 3 N–H and O–H groups in total. The average Bonchev–Trinajstić information content (AvgIpc) is 3.26. The van der Waals surface area contributed by atoms with Gasteiger partial charge in [-0.15, -0.1) is 0 Å². The highest BCUT2D eigenvalue weighted by Gasteiger charge is 2.23. The maximum Gasteiger partial charge on any atom is 0.0931 e. The smallest absolute Gasteiger partial charge is 0.0931 e. The van der Waals surface area contributed by atoms with Crippen molar-refractivity contribution in [2.45, 2.75) is 31.7 Å². The van der Waals surface area contributed by atoms with Crippen LogP contribution in [-0.4, -0.2) is 21.5 Å². The highest BCUT2D eigenvalue weighted by Crippen LogP contribution is 2.34. The number of hydrogen-bond donors (Lipinski definition) is 3. The van der Waals surface area contributed by atoms with E-state index in [1.165, 1.54) is 47.0 Å². The highest BCUT2D eigenvalue weighted by atomic mass is 14.9. The first kappa shape index (κ1) is 14.7. The second kappa shape index (κ2) is 6.05. The van der Waals surface area contributed by atoms with E-state index in [1.54, 1.807) is 6.33 Å². The Morgan fingerprint density at radius 1 is 1.12 bits per heavy atom. The summed E-state index contributed by atoms with van der Waals surface area (Å²) >= 11 is 0. The summed E-state index contributed by atoms with van der Waals surface area (Å²) in [5.74, 6) is 0. The van der Waals surface area contributed by atoms with Crippen LogP contribution in [0.15, 0.2) is 48.8 Å². The van der Waals surface area contributed by atoms with Gasteiger partial charge in [0.25, 0.3) is 0 Å². The van der Waals surface area contributed by atoms with Crippen LogP contribution in [0.25, 0.3) is 21.9 Å². The molecule has 2 aromatic heterocycles. The van der Waals surface area contributed by atoms with E-state index < -0.39 is 0 Å². The second-order valence-corrected chi connectivity index (χ2v) is 6.97. The first-order valence-electron chi connectivity index (χ1n) is 9.13. The molecule has 0 radical (unpaired) electrons. The monoisotopic (exact) mass is 330 g/mol. The number of H-pyrrole nitrogens is 2. The zero-order valence-electron chi connectivity index (χ0n) is 14.2. The number of fused-ring (bicyclic) bond motifs is 4. The molecular formula is C21H22N4. The molecule has 0 saturated carbocycles. The standard InChI is InChI=1S/C21H22N4/c1-2-6-17-15(4-1)16-5-3-7-19(21(16)25-17)22-11-10-14-8-9-18-20(12-14)24-13-23-18/h1-2,4,6,8-9,12-13,19,22,25H,3,5,7,10-11H2,(H,23,24). The molecule has 2 aromatic carbocycles. The quantitative estimate of drug-likeness (QED) is 0.524. The maximum atomic E-state index is 4.28. The van der Waals surface area contributed by atoms with Crippen LogP contribution in [0.5, 0.6) is 0 Å². The zero-order valence-corrected chi connectivity index (χ0v) is 14.2. The minimum atomic E-state index is 0.437. The van der Waals surface area contributed by atoms with Crippen LogP contribution < -0.4 is 5.32 Å². The van der Waals surface area contributed by atoms with Crippen LogP contribution >= 0.6 is 0 Å². The number of imidazole rings is 1. The fraction of sp³-hybridized carbons (Fsp3) is 0.286. The molecule has 4 aromatic rings. The number of benzene rings is 2. The molecule has 25 heavy (non-hydrogen) atoms. The lowest BCUT2D eigenvalue weighted by molar-refractivity contribution is 0.456. The van der Waals surface area contributed by atoms with Crippen LogP contribution in [0.1, 0.15) is 35.7 Å². The third-order valence-electron chi connectivity index (χ3n) is 5.40. The van der Waals surface area contributed by atoms with Crippen molar-refractivity contribution in [3.05, 3.63) is 65.6 Å². The molecule has 1 aliphatic rings. The van der Waals surface area contributed by atoms with Gasteiger partial charge in [0.15, 0.2) is 0 Å². The van der Waals surface area contributed by atoms with Gasteiger partial charge < -0.3 is 15.3 Å². The molecule has 0 amide bonds. The van der Waals surface area contributed by atoms with Crippen LogP contribution in [0, 0.1) is 0 Å². The molecule has 0 bridgehead atoms. The van der Waals surface area contributed by atoms with Crippen LogP contribution in [0.4, 0.5) is 0 Å². The van der Waals surface area contributed by atoms with Crippen molar-refractivity contribution in [1.82, 2.24) is 20.3 Å². The molecule has 0 spiro atoms. The van der Waals surface area contributed by atoms with Gasteiger partial charge in [-0.1, -0.05) is 24.3 Å². The van der Waals surface area contributed by atoms with Gasteiger partial charge in [0.1, 0.15) is 0 Å². The number of para-hydroxylation sites is 1. The lowest BCUT2D eigenvalue weighted by Gasteiger charge is -2.24. The van der Waals surface area contributed by atoms with E-state index >= 15 is 0 Å². The van der Waals surface area contributed by atoms with Crippen molar-refractivity contribution in [2.24, 2.45) is 0 Å². The molecule has 0 fully saturated rings. The molecule has 126 valence electrons. The van der Waals surface area contributed by atoms with Crippen molar-refractivity contribution in [2.75, 3.05) is 6.54 Å². The van der Waals surface area contributed by atoms with E-state index in [0.29, 0.717) is 6.04 Å². The van der Waals surface area contributed by atoms with Crippen molar-refractivity contribution >= 4 is 21.9 Å². The number of nitrogens with one attached hydrogen (secondary N) is 3. The van der Waals surface area contributed by atoms with Crippen LogP contribution in [-0.2, 0) is 12.8 Å². The first-order valence-corrected chi connectivity index (χ1v) is 9.13. The van der Waals surface area contributed by atoms with E-state index in [4.69, 9.17) is 0 Å². The van der Waals surface area contributed by atoms with Crippen LogP contribution in [0.2, 0.25) is 0 Å². The lowest BCUT2D eigenvalue weighted by atomic mass is 9.91. The van der Waals surface area contributed by atoms with Gasteiger partial charge in [-0.05, 0) is 61.6 Å². The van der Waals surface area contributed by atoms with E-state index in [-0.39, 0.29) is 0 Å². The molecule has 5 rings (SSSR count). The highest BCUT2D eigenvalue weighted by molar-refractivity contribution is 5.85. The molecule has 0 saturated heterocycles. The molecular weight excluding hydrogens is 308 g/mol. The summed E-state index contributed by atoms with van der Waals surface area (Å²) in [7, 11) is 0. The normalized spacial score (nSPS) is 17.2. The van der Waals surface area contributed by atoms with Gasteiger partial charge in [0.2, 0.25) is 0 Å². The molecule has 2 heterocycles. The largest absolute Gasteiger partial charge is 0.357 e. The first-order chi connectivity index (χ1) is 12.4. The lowest BCUT2D eigenvalue weighted by Crippen LogP contribution is -2.27. The van der Waals surface area contributed by atoms with Gasteiger partial charge >= 0.3 is 0 Å². The SMILES string of the molecule is c1ccc2c3c([nH]c2c1)C(NCCc1ccc2nc[nH]c2c1)CCC3. The minimum absolute atomic E-state index is 0.437. The third kappa shape index (κ3) is 2.63. The number of hydrogen-bond acceptors (Lipinski definition) is 2. The molecule has 4 heteroatoms. The van der Waals surface area contributed by atoms with Crippen molar-refractivity contribution in [1.29, 1.82) is 0 Å². The summed E-state index contributed by atoms with van der Waals surface area (Å²) in [5, 5.41) is 5.17. The summed E-state index contributed by atoms with van der Waals surface area (Å²) in [5.41, 5.74) is 7.68. The van der Waals surface area contributed by atoms with E-state index in [2.05, 4.69) is 62.7 Å². The third-order valence-corrected chi connectivity index (χ3v) is 5.40. The molecule has 0 aliphatic heterocycles. The predicted octanol–water partition coefficient (Wildman–Crippen LogP) is 4.25. The minimum Gasteiger partial charge on any atom is -0.357 e. The topological polar surface area (TPSA) is 56.5 Å². The Kier molecular flexibility index (Phi) is 3.56. The van der Waals surface area contributed by atoms with Gasteiger partial charge in [-0.2, -0.15) is 0 Å². The Balaban J connectivity index is 1.32. The predicted molar refractivity (Wildman–Crippen MR) is 102 cm³/mol. The number of nitrogens with zero attached hydrogens (tertiary/aromatic N) is 1. The summed E-state index contributed by atoms with van der Waals surface area (Å²) in [6.45, 7) is 0.985.